The number of aromatic nitrogens is 2. The van der Waals surface area contributed by atoms with Crippen molar-refractivity contribution >= 4 is 56.5 Å². The van der Waals surface area contributed by atoms with Crippen LogP contribution in [0.2, 0.25) is 0 Å². The fourth-order valence-corrected chi connectivity index (χ4v) is 9.89. The fourth-order valence-electron chi connectivity index (χ4n) is 9.89. The van der Waals surface area contributed by atoms with Gasteiger partial charge in [-0.15, -0.1) is 0 Å². The molecule has 11 rings (SSSR count). The van der Waals surface area contributed by atoms with Crippen molar-refractivity contribution in [1.82, 2.24) is 9.13 Å². The van der Waals surface area contributed by atoms with Crippen molar-refractivity contribution in [2.45, 2.75) is 45.4 Å². The summed E-state index contributed by atoms with van der Waals surface area (Å²) in [5.74, 6) is 0. The van der Waals surface area contributed by atoms with Gasteiger partial charge in [-0.05, 0) is 156 Å². The van der Waals surface area contributed by atoms with Gasteiger partial charge in [-0.1, -0.05) is 140 Å². The second-order valence-corrected chi connectivity index (χ2v) is 17.0. The van der Waals surface area contributed by atoms with Gasteiger partial charge in [0.15, 0.2) is 0 Å². The predicted octanol–water partition coefficient (Wildman–Crippen LogP) is 15.5. The minimum atomic E-state index is 0.856. The first-order chi connectivity index (χ1) is 31.1. The molecule has 0 saturated carbocycles. The molecule has 8 aromatic rings. The Kier molecular flexibility index (Phi) is 10.0. The lowest BCUT2D eigenvalue weighted by Gasteiger charge is -2.19. The standard InChI is InChI=1S/C60H49N3/c1-41(45-23-17-25-47(36-45)43-19-5-3-6-20-43)35-56(61-42(2)46-24-18-26-48(37-46)44-21-7-4-8-22-44)49-38-50(62-57-31-13-9-27-52(57)53-28-10-14-32-58(53)62)40-51(39-49)63-59-33-15-11-29-54(59)55-30-12-16-34-60(55)63/h3,5-7,9,11,13-27,29,31-40H,1,4,8,10,12,28,30H2,2H3/b56-35-,61-42?. The van der Waals surface area contributed by atoms with E-state index in [0.717, 1.165) is 89.1 Å². The maximum absolute atomic E-state index is 5.63. The van der Waals surface area contributed by atoms with Gasteiger partial charge in [-0.2, -0.15) is 0 Å². The molecule has 3 nitrogen and oxygen atoms in total. The number of fused-ring (bicyclic) bond motifs is 6. The molecule has 0 amide bonds. The minimum absolute atomic E-state index is 0.856. The van der Waals surface area contributed by atoms with Crippen LogP contribution in [0.5, 0.6) is 0 Å². The van der Waals surface area contributed by atoms with Crippen LogP contribution in [-0.2, 0) is 12.8 Å². The highest BCUT2D eigenvalue weighted by molar-refractivity contribution is 6.03. The smallest absolute Gasteiger partial charge is 0.0712 e. The maximum atomic E-state index is 5.63. The summed E-state index contributed by atoms with van der Waals surface area (Å²) < 4.78 is 4.95. The molecule has 63 heavy (non-hydrogen) atoms. The molecular formula is C60H49N3. The summed E-state index contributed by atoms with van der Waals surface area (Å²) >= 11 is 0. The Morgan fingerprint density at radius 1 is 0.524 bits per heavy atom. The third-order valence-corrected chi connectivity index (χ3v) is 13.0. The van der Waals surface area contributed by atoms with Gasteiger partial charge in [0.2, 0.25) is 0 Å². The summed E-state index contributed by atoms with van der Waals surface area (Å²) in [6.07, 6.45) is 24.6. The Balaban J connectivity index is 1.16. The van der Waals surface area contributed by atoms with Gasteiger partial charge in [-0.3, -0.25) is 4.99 Å². The Bertz CT molecular complexity index is 3180. The number of rotatable bonds is 9. The molecule has 3 aliphatic rings. The quantitative estimate of drug-likeness (QED) is 0.102. The van der Waals surface area contributed by atoms with Crippen molar-refractivity contribution in [3.05, 3.63) is 233 Å². The number of hydrogen-bond acceptors (Lipinski definition) is 1. The summed E-state index contributed by atoms with van der Waals surface area (Å²) in [5, 5.41) is 2.63. The predicted molar refractivity (Wildman–Crippen MR) is 269 cm³/mol. The number of aliphatic imine (C=N–C) groups is 1. The van der Waals surface area contributed by atoms with E-state index in [-0.39, 0.29) is 0 Å². The topological polar surface area (TPSA) is 22.2 Å². The van der Waals surface area contributed by atoms with Crippen LogP contribution in [0.1, 0.15) is 77.4 Å². The van der Waals surface area contributed by atoms with Crippen molar-refractivity contribution in [2.75, 3.05) is 0 Å². The molecule has 0 bridgehead atoms. The molecule has 6 aromatic carbocycles. The van der Waals surface area contributed by atoms with Crippen LogP contribution in [0.4, 0.5) is 0 Å². The lowest BCUT2D eigenvalue weighted by atomic mass is 9.97. The molecule has 2 aromatic heterocycles. The van der Waals surface area contributed by atoms with E-state index in [2.05, 4.69) is 210 Å². The lowest BCUT2D eigenvalue weighted by Crippen LogP contribution is -2.06. The zero-order valence-electron chi connectivity index (χ0n) is 35.8. The molecule has 0 atom stereocenters. The van der Waals surface area contributed by atoms with E-state index < -0.39 is 0 Å². The van der Waals surface area contributed by atoms with Crippen LogP contribution in [0.25, 0.3) is 73.3 Å². The van der Waals surface area contributed by atoms with Crippen LogP contribution in [0.3, 0.4) is 0 Å². The fraction of sp³-hybridized carbons (Fsp3) is 0.117. The van der Waals surface area contributed by atoms with Crippen LogP contribution in [0.15, 0.2) is 194 Å². The zero-order chi connectivity index (χ0) is 42.3. The van der Waals surface area contributed by atoms with Crippen molar-refractivity contribution < 1.29 is 0 Å². The molecule has 0 aliphatic heterocycles. The van der Waals surface area contributed by atoms with Gasteiger partial charge < -0.3 is 9.13 Å². The van der Waals surface area contributed by atoms with Gasteiger partial charge in [0.25, 0.3) is 0 Å². The van der Waals surface area contributed by atoms with Gasteiger partial charge in [-0.25, -0.2) is 0 Å². The number of allylic oxidation sites excluding steroid dienone is 8. The van der Waals surface area contributed by atoms with E-state index in [0.29, 0.717) is 0 Å². The summed E-state index contributed by atoms with van der Waals surface area (Å²) in [4.78, 5) is 5.63. The Morgan fingerprint density at radius 3 is 1.75 bits per heavy atom. The average molecular weight is 812 g/mol. The molecule has 0 fully saturated rings. The van der Waals surface area contributed by atoms with Crippen molar-refractivity contribution in [1.29, 1.82) is 0 Å². The monoisotopic (exact) mass is 811 g/mol. The number of para-hydroxylation sites is 2. The molecule has 3 aliphatic carbocycles. The van der Waals surface area contributed by atoms with Gasteiger partial charge in [0, 0.05) is 44.8 Å². The second kappa shape index (κ2) is 16.4. The Morgan fingerprint density at radius 2 is 1.10 bits per heavy atom. The molecular weight excluding hydrogens is 763 g/mol. The van der Waals surface area contributed by atoms with E-state index in [1.165, 1.54) is 61.0 Å². The van der Waals surface area contributed by atoms with Crippen LogP contribution < -0.4 is 0 Å². The second-order valence-electron chi connectivity index (χ2n) is 17.0. The zero-order valence-corrected chi connectivity index (χ0v) is 35.8. The van der Waals surface area contributed by atoms with Crippen molar-refractivity contribution in [3.63, 3.8) is 0 Å². The first-order valence-electron chi connectivity index (χ1n) is 22.4. The molecule has 0 N–H and O–H groups in total. The average Bonchev–Trinajstić information content (AvgIpc) is 3.87. The van der Waals surface area contributed by atoms with Gasteiger partial charge in [0.05, 0.1) is 16.7 Å². The van der Waals surface area contributed by atoms with Crippen LogP contribution in [0, 0.1) is 0 Å². The van der Waals surface area contributed by atoms with Crippen molar-refractivity contribution in [2.24, 2.45) is 4.99 Å². The summed E-state index contributed by atoms with van der Waals surface area (Å²) in [5.41, 5.74) is 20.6. The largest absolute Gasteiger partial charge is 0.309 e. The Hall–Kier alpha value is -7.49. The first kappa shape index (κ1) is 38.4. The molecule has 304 valence electrons. The number of benzene rings is 6. The molecule has 3 heteroatoms. The van der Waals surface area contributed by atoms with E-state index >= 15 is 0 Å². The highest BCUT2D eigenvalue weighted by Gasteiger charge is 2.23. The van der Waals surface area contributed by atoms with E-state index in [1.54, 1.807) is 0 Å². The summed E-state index contributed by atoms with van der Waals surface area (Å²) in [7, 11) is 0. The molecule has 0 radical (unpaired) electrons. The van der Waals surface area contributed by atoms with E-state index in [4.69, 9.17) is 11.6 Å². The normalized spacial score (nSPS) is 14.8. The summed E-state index contributed by atoms with van der Waals surface area (Å²) in [6, 6.07) is 53.0. The molecule has 0 spiro atoms. The third kappa shape index (κ3) is 7.20. The molecule has 0 saturated heterocycles. The van der Waals surface area contributed by atoms with Crippen molar-refractivity contribution in [3.8, 4) is 22.5 Å². The maximum Gasteiger partial charge on any atom is 0.0712 e. The minimum Gasteiger partial charge on any atom is -0.309 e. The molecule has 0 unspecified atom stereocenters. The molecule has 2 heterocycles. The lowest BCUT2D eigenvalue weighted by molar-refractivity contribution is 0.958. The van der Waals surface area contributed by atoms with Gasteiger partial charge in [0.1, 0.15) is 0 Å². The summed E-state index contributed by atoms with van der Waals surface area (Å²) in [6.45, 7) is 6.87. The number of aryl methyl sites for hydroxylation is 2. The SMILES string of the molecule is C=C(/C=C(\N=C(C)c1cccc(C2=CCCC=C2)c1)c1cc(-n2c3c(c4ccccc42)CCC=C3)cc(-n2c3c(c4ccccc42)CCC=C3)c1)c1cccc(-c2ccccc2)c1. The van der Waals surface area contributed by atoms with Crippen LogP contribution in [-0.4, -0.2) is 14.8 Å². The number of hydrogen-bond donors (Lipinski definition) is 0. The first-order valence-corrected chi connectivity index (χ1v) is 22.4. The highest BCUT2D eigenvalue weighted by atomic mass is 15.0. The number of nitrogens with zero attached hydrogens (tertiary/aromatic N) is 3. The van der Waals surface area contributed by atoms with E-state index in [9.17, 15) is 0 Å². The Labute approximate surface area is 370 Å². The van der Waals surface area contributed by atoms with Crippen LogP contribution >= 0.6 is 0 Å². The van der Waals surface area contributed by atoms with E-state index in [1.807, 2.05) is 0 Å². The van der Waals surface area contributed by atoms with Gasteiger partial charge >= 0.3 is 0 Å². The third-order valence-electron chi connectivity index (χ3n) is 13.0. The highest BCUT2D eigenvalue weighted by Crippen LogP contribution is 2.39.